The summed E-state index contributed by atoms with van der Waals surface area (Å²) in [6.07, 6.45) is 3.95. The van der Waals surface area contributed by atoms with Crippen molar-refractivity contribution in [3.8, 4) is 0 Å². The Balaban J connectivity index is 1.65. The predicted molar refractivity (Wildman–Crippen MR) is 122 cm³/mol. The number of benzene rings is 2. The largest absolute Gasteiger partial charge is 0.381 e. The first-order valence-electron chi connectivity index (χ1n) is 11.0. The van der Waals surface area contributed by atoms with Crippen molar-refractivity contribution in [3.05, 3.63) is 74.8 Å². The molecule has 1 saturated heterocycles. The fraction of sp³-hybridized carbons (Fsp3) is 0.400. The van der Waals surface area contributed by atoms with Crippen LogP contribution in [-0.4, -0.2) is 41.9 Å². The van der Waals surface area contributed by atoms with E-state index in [1.54, 1.807) is 23.0 Å². The lowest BCUT2D eigenvalue weighted by Gasteiger charge is -2.24. The summed E-state index contributed by atoms with van der Waals surface area (Å²) in [4.78, 5) is 29.9. The lowest BCUT2D eigenvalue weighted by atomic mass is 9.94. The lowest BCUT2D eigenvalue weighted by molar-refractivity contribution is 0.0685. The highest BCUT2D eigenvalue weighted by Crippen LogP contribution is 2.25. The quantitative estimate of drug-likeness (QED) is 0.639. The molecular weight excluding hydrogens is 409 g/mol. The number of rotatable bonds is 6. The molecule has 168 valence electrons. The monoisotopic (exact) mass is 437 g/mol. The molecule has 0 saturated carbocycles. The molecule has 7 heteroatoms. The maximum Gasteiger partial charge on any atom is 0.261 e. The molecule has 0 bridgehead atoms. The third-order valence-corrected chi connectivity index (χ3v) is 6.32. The zero-order chi connectivity index (χ0) is 22.7. The summed E-state index contributed by atoms with van der Waals surface area (Å²) in [5, 5.41) is 3.17. The number of hydrogen-bond donors (Lipinski definition) is 1. The normalized spacial score (nSPS) is 14.6. The van der Waals surface area contributed by atoms with Crippen LogP contribution in [0.1, 0.15) is 51.5 Å². The smallest absolute Gasteiger partial charge is 0.261 e. The van der Waals surface area contributed by atoms with E-state index >= 15 is 0 Å². The van der Waals surface area contributed by atoms with Crippen LogP contribution in [0.15, 0.2) is 41.5 Å². The van der Waals surface area contributed by atoms with Crippen LogP contribution >= 0.6 is 0 Å². The molecule has 1 amide bonds. The summed E-state index contributed by atoms with van der Waals surface area (Å²) in [6.45, 7) is 4.80. The van der Waals surface area contributed by atoms with Gasteiger partial charge in [-0.3, -0.25) is 14.2 Å². The Morgan fingerprint density at radius 2 is 1.91 bits per heavy atom. The number of nitrogens with zero attached hydrogens (tertiary/aromatic N) is 2. The van der Waals surface area contributed by atoms with E-state index in [2.05, 4.69) is 17.2 Å². The zero-order valence-electron chi connectivity index (χ0n) is 18.5. The number of ether oxygens (including phenoxy) is 1. The molecule has 0 unspecified atom stereocenters. The van der Waals surface area contributed by atoms with Crippen molar-refractivity contribution in [1.82, 2.24) is 14.9 Å². The molecule has 1 N–H and O–H groups in total. The second-order valence-electron chi connectivity index (χ2n) is 8.30. The second-order valence-corrected chi connectivity index (χ2v) is 8.30. The Morgan fingerprint density at radius 3 is 2.59 bits per heavy atom. The van der Waals surface area contributed by atoms with Gasteiger partial charge in [-0.05, 0) is 73.6 Å². The highest BCUT2D eigenvalue weighted by Gasteiger charge is 2.19. The minimum Gasteiger partial charge on any atom is -0.381 e. The van der Waals surface area contributed by atoms with E-state index < -0.39 is 6.67 Å². The topological polar surface area (TPSA) is 73.2 Å². The third kappa shape index (κ3) is 4.43. The highest BCUT2D eigenvalue weighted by molar-refractivity contribution is 5.94. The lowest BCUT2D eigenvalue weighted by Crippen LogP contribution is -2.29. The maximum absolute atomic E-state index is 13.3. The highest BCUT2D eigenvalue weighted by atomic mass is 19.1. The molecule has 6 nitrogen and oxygen atoms in total. The number of carbonyl (C=O) groups is 1. The van der Waals surface area contributed by atoms with Crippen LogP contribution in [0.2, 0.25) is 0 Å². The molecule has 0 spiro atoms. The number of halogens is 1. The van der Waals surface area contributed by atoms with Gasteiger partial charge in [-0.15, -0.1) is 0 Å². The van der Waals surface area contributed by atoms with Crippen LogP contribution in [0, 0.1) is 13.8 Å². The molecule has 0 atom stereocenters. The van der Waals surface area contributed by atoms with Crippen LogP contribution in [0.4, 0.5) is 4.39 Å². The number of alkyl halides is 1. The van der Waals surface area contributed by atoms with Gasteiger partial charge < -0.3 is 10.1 Å². The number of aromatic nitrogens is 2. The summed E-state index contributed by atoms with van der Waals surface area (Å²) < 4.78 is 19.5. The maximum atomic E-state index is 13.3. The van der Waals surface area contributed by atoms with Crippen molar-refractivity contribution in [2.24, 2.45) is 0 Å². The van der Waals surface area contributed by atoms with E-state index in [1.165, 1.54) is 0 Å². The predicted octanol–water partition coefficient (Wildman–Crippen LogP) is 3.65. The van der Waals surface area contributed by atoms with E-state index in [4.69, 9.17) is 4.74 Å². The van der Waals surface area contributed by atoms with Gasteiger partial charge in [0, 0.05) is 31.4 Å². The molecule has 1 fully saturated rings. The molecule has 0 radical (unpaired) electrons. The summed E-state index contributed by atoms with van der Waals surface area (Å²) in [7, 11) is 0. The molecule has 2 aromatic carbocycles. The molecule has 2 heterocycles. The second kappa shape index (κ2) is 9.61. The van der Waals surface area contributed by atoms with Crippen LogP contribution in [0.25, 0.3) is 10.9 Å². The van der Waals surface area contributed by atoms with E-state index in [9.17, 15) is 14.0 Å². The summed E-state index contributed by atoms with van der Waals surface area (Å²) in [6, 6.07) is 9.36. The van der Waals surface area contributed by atoms with Gasteiger partial charge in [0.05, 0.1) is 17.2 Å². The van der Waals surface area contributed by atoms with Gasteiger partial charge in [0.15, 0.2) is 0 Å². The van der Waals surface area contributed by atoms with Gasteiger partial charge >= 0.3 is 0 Å². The van der Waals surface area contributed by atoms with E-state index in [0.717, 1.165) is 40.6 Å². The number of hydrogen-bond acceptors (Lipinski definition) is 4. The Bertz CT molecular complexity index is 1180. The number of nitrogens with one attached hydrogen (secondary N) is 1. The first kappa shape index (κ1) is 22.1. The molecule has 4 rings (SSSR count). The molecule has 1 aromatic heterocycles. The van der Waals surface area contributed by atoms with E-state index in [-0.39, 0.29) is 24.1 Å². The van der Waals surface area contributed by atoms with Crippen molar-refractivity contribution < 1.29 is 13.9 Å². The average Bonchev–Trinajstić information content (AvgIpc) is 2.82. The van der Waals surface area contributed by atoms with Crippen LogP contribution in [0.5, 0.6) is 0 Å². The summed E-state index contributed by atoms with van der Waals surface area (Å²) in [5.41, 5.74) is 5.45. The van der Waals surface area contributed by atoms with Crippen LogP contribution in [0.3, 0.4) is 0 Å². The van der Waals surface area contributed by atoms with Crippen LogP contribution < -0.4 is 10.9 Å². The van der Waals surface area contributed by atoms with Crippen molar-refractivity contribution in [3.63, 3.8) is 0 Å². The minimum atomic E-state index is -0.588. The molecule has 3 aromatic rings. The number of amides is 1. The van der Waals surface area contributed by atoms with Gasteiger partial charge in [0.2, 0.25) is 0 Å². The zero-order valence-corrected chi connectivity index (χ0v) is 18.5. The van der Waals surface area contributed by atoms with Gasteiger partial charge in [0.25, 0.3) is 11.5 Å². The van der Waals surface area contributed by atoms with Crippen LogP contribution in [-0.2, 0) is 11.2 Å². The van der Waals surface area contributed by atoms with Gasteiger partial charge in [-0.25, -0.2) is 9.37 Å². The van der Waals surface area contributed by atoms with Crippen molar-refractivity contribution in [2.45, 2.75) is 39.2 Å². The van der Waals surface area contributed by atoms with Gasteiger partial charge in [-0.1, -0.05) is 12.1 Å². The molecular formula is C25H28FN3O3. The Kier molecular flexibility index (Phi) is 6.65. The van der Waals surface area contributed by atoms with Crippen molar-refractivity contribution in [2.75, 3.05) is 26.4 Å². The first-order chi connectivity index (χ1) is 15.5. The molecule has 32 heavy (non-hydrogen) atoms. The van der Waals surface area contributed by atoms with Crippen molar-refractivity contribution >= 4 is 16.8 Å². The molecule has 1 aliphatic heterocycles. The number of carbonyl (C=O) groups excluding carboxylic acids is 1. The minimum absolute atomic E-state index is 0.00821. The Morgan fingerprint density at radius 1 is 1.19 bits per heavy atom. The number of fused-ring (bicyclic) bond motifs is 1. The van der Waals surface area contributed by atoms with E-state index in [0.29, 0.717) is 30.6 Å². The fourth-order valence-corrected chi connectivity index (χ4v) is 4.28. The summed E-state index contributed by atoms with van der Waals surface area (Å²) in [5.74, 6) is -0.285. The van der Waals surface area contributed by atoms with Crippen molar-refractivity contribution in [1.29, 1.82) is 0 Å². The van der Waals surface area contributed by atoms with E-state index in [1.807, 2.05) is 25.1 Å². The first-order valence-corrected chi connectivity index (χ1v) is 11.0. The van der Waals surface area contributed by atoms with Gasteiger partial charge in [0.1, 0.15) is 6.67 Å². The Labute approximate surface area is 186 Å². The SMILES string of the molecule is Cc1c(Cc2ccc(C(=O)NCCF)cc2)cc2c(=O)n(C3CCOCC3)cnc2c1C. The molecule has 1 aliphatic rings. The third-order valence-electron chi connectivity index (χ3n) is 6.32. The fourth-order valence-electron chi connectivity index (χ4n) is 4.28. The number of aryl methyl sites for hydroxylation is 1. The Hall–Kier alpha value is -3.06. The average molecular weight is 438 g/mol. The summed E-state index contributed by atoms with van der Waals surface area (Å²) >= 11 is 0. The molecule has 0 aliphatic carbocycles. The standard InChI is InChI=1S/C25H28FN3O3/c1-16-17(2)23-22(25(31)29(15-28-23)21-7-11-32-12-8-21)14-20(16)13-18-3-5-19(6-4-18)24(30)27-10-9-26/h3-6,14-15,21H,7-13H2,1-2H3,(H,27,30). The van der Waals surface area contributed by atoms with Gasteiger partial charge in [-0.2, -0.15) is 0 Å².